The molecule has 0 heterocycles. The molecule has 0 bridgehead atoms. The Bertz CT molecular complexity index is 425. The van der Waals surface area contributed by atoms with E-state index in [4.69, 9.17) is 5.73 Å². The van der Waals surface area contributed by atoms with Gasteiger partial charge in [0.2, 0.25) is 0 Å². The number of benzene rings is 1. The van der Waals surface area contributed by atoms with Gasteiger partial charge >= 0.3 is 0 Å². The minimum atomic E-state index is -0.280. The van der Waals surface area contributed by atoms with Gasteiger partial charge in [-0.25, -0.2) is 0 Å². The standard InChI is InChI=1S/C12H16N2O2/c1-9-3-2-4-10(11(9)14(15)16)7-12(8-13)5-6-12/h2-4H,5-8,13H2,1H3. The van der Waals surface area contributed by atoms with Crippen molar-refractivity contribution in [1.29, 1.82) is 0 Å². The highest BCUT2D eigenvalue weighted by atomic mass is 16.6. The Morgan fingerprint density at radius 1 is 1.50 bits per heavy atom. The van der Waals surface area contributed by atoms with Crippen LogP contribution in [-0.2, 0) is 6.42 Å². The van der Waals surface area contributed by atoms with Crippen molar-refractivity contribution in [3.63, 3.8) is 0 Å². The van der Waals surface area contributed by atoms with Crippen molar-refractivity contribution in [3.8, 4) is 0 Å². The molecule has 0 amide bonds. The van der Waals surface area contributed by atoms with E-state index in [1.807, 2.05) is 12.1 Å². The minimum absolute atomic E-state index is 0.137. The Morgan fingerprint density at radius 3 is 2.69 bits per heavy atom. The van der Waals surface area contributed by atoms with E-state index < -0.39 is 0 Å². The van der Waals surface area contributed by atoms with E-state index in [2.05, 4.69) is 0 Å². The van der Waals surface area contributed by atoms with E-state index in [9.17, 15) is 10.1 Å². The SMILES string of the molecule is Cc1cccc(CC2(CN)CC2)c1[N+](=O)[O-]. The van der Waals surface area contributed by atoms with Crippen LogP contribution in [0.2, 0.25) is 0 Å². The zero-order chi connectivity index (χ0) is 11.8. The van der Waals surface area contributed by atoms with Gasteiger partial charge in [-0.1, -0.05) is 18.2 Å². The topological polar surface area (TPSA) is 69.2 Å². The number of nitro benzene ring substituents is 1. The van der Waals surface area contributed by atoms with E-state index in [0.717, 1.165) is 30.4 Å². The molecule has 0 saturated heterocycles. The lowest BCUT2D eigenvalue weighted by Gasteiger charge is -2.12. The van der Waals surface area contributed by atoms with Crippen LogP contribution in [0.3, 0.4) is 0 Å². The lowest BCUT2D eigenvalue weighted by atomic mass is 9.94. The maximum atomic E-state index is 11.0. The predicted molar refractivity (Wildman–Crippen MR) is 62.3 cm³/mol. The first-order valence-corrected chi connectivity index (χ1v) is 5.51. The smallest absolute Gasteiger partial charge is 0.275 e. The molecule has 0 unspecified atom stereocenters. The second kappa shape index (κ2) is 3.87. The van der Waals surface area contributed by atoms with Gasteiger partial charge in [0.15, 0.2) is 0 Å². The number of aryl methyl sites for hydroxylation is 1. The molecule has 0 aliphatic heterocycles. The summed E-state index contributed by atoms with van der Waals surface area (Å²) in [7, 11) is 0. The van der Waals surface area contributed by atoms with Crippen LogP contribution < -0.4 is 5.73 Å². The van der Waals surface area contributed by atoms with Gasteiger partial charge in [-0.05, 0) is 38.1 Å². The summed E-state index contributed by atoms with van der Waals surface area (Å²) < 4.78 is 0. The minimum Gasteiger partial charge on any atom is -0.330 e. The first kappa shape index (κ1) is 11.1. The van der Waals surface area contributed by atoms with Crippen LogP contribution >= 0.6 is 0 Å². The lowest BCUT2D eigenvalue weighted by Crippen LogP contribution is -2.18. The fourth-order valence-electron chi connectivity index (χ4n) is 2.16. The van der Waals surface area contributed by atoms with Crippen molar-refractivity contribution in [3.05, 3.63) is 39.4 Å². The summed E-state index contributed by atoms with van der Waals surface area (Å²) in [6.45, 7) is 2.40. The van der Waals surface area contributed by atoms with Crippen LogP contribution in [-0.4, -0.2) is 11.5 Å². The number of rotatable bonds is 4. The molecule has 16 heavy (non-hydrogen) atoms. The summed E-state index contributed by atoms with van der Waals surface area (Å²) >= 11 is 0. The van der Waals surface area contributed by atoms with Crippen molar-refractivity contribution >= 4 is 5.69 Å². The molecule has 0 atom stereocenters. The third-order valence-electron chi connectivity index (χ3n) is 3.46. The first-order valence-electron chi connectivity index (χ1n) is 5.51. The maximum absolute atomic E-state index is 11.0. The van der Waals surface area contributed by atoms with Crippen molar-refractivity contribution in [1.82, 2.24) is 0 Å². The highest BCUT2D eigenvalue weighted by Gasteiger charge is 2.42. The highest BCUT2D eigenvalue weighted by Crippen LogP contribution is 2.48. The van der Waals surface area contributed by atoms with Crippen molar-refractivity contribution in [2.24, 2.45) is 11.1 Å². The van der Waals surface area contributed by atoms with Gasteiger partial charge in [-0.15, -0.1) is 0 Å². The monoisotopic (exact) mass is 220 g/mol. The number of nitro groups is 1. The fourth-order valence-corrected chi connectivity index (χ4v) is 2.16. The number of nitrogens with two attached hydrogens (primary N) is 1. The van der Waals surface area contributed by atoms with E-state index in [1.54, 1.807) is 13.0 Å². The quantitative estimate of drug-likeness (QED) is 0.624. The van der Waals surface area contributed by atoms with Crippen molar-refractivity contribution < 1.29 is 4.92 Å². The van der Waals surface area contributed by atoms with Gasteiger partial charge in [-0.2, -0.15) is 0 Å². The molecule has 0 radical (unpaired) electrons. The molecule has 1 aromatic rings. The van der Waals surface area contributed by atoms with Crippen LogP contribution in [0.15, 0.2) is 18.2 Å². The molecule has 1 fully saturated rings. The second-order valence-corrected chi connectivity index (χ2v) is 4.72. The van der Waals surface area contributed by atoms with E-state index in [-0.39, 0.29) is 16.0 Å². The Balaban J connectivity index is 2.33. The predicted octanol–water partition coefficient (Wildman–Crippen LogP) is 2.18. The summed E-state index contributed by atoms with van der Waals surface area (Å²) in [4.78, 5) is 10.7. The zero-order valence-corrected chi connectivity index (χ0v) is 9.40. The van der Waals surface area contributed by atoms with Gasteiger partial charge < -0.3 is 5.73 Å². The average molecular weight is 220 g/mol. The van der Waals surface area contributed by atoms with Crippen LogP contribution in [0.25, 0.3) is 0 Å². The zero-order valence-electron chi connectivity index (χ0n) is 9.40. The Hall–Kier alpha value is -1.42. The number of para-hydroxylation sites is 1. The summed E-state index contributed by atoms with van der Waals surface area (Å²) in [6, 6.07) is 5.51. The van der Waals surface area contributed by atoms with Gasteiger partial charge in [0.25, 0.3) is 5.69 Å². The summed E-state index contributed by atoms with van der Waals surface area (Å²) in [5.41, 5.74) is 7.67. The van der Waals surface area contributed by atoms with Crippen molar-refractivity contribution in [2.45, 2.75) is 26.2 Å². The molecule has 86 valence electrons. The summed E-state index contributed by atoms with van der Waals surface area (Å²) in [6.07, 6.45) is 2.92. The molecule has 1 saturated carbocycles. The first-order chi connectivity index (χ1) is 7.58. The van der Waals surface area contributed by atoms with Gasteiger partial charge in [-0.3, -0.25) is 10.1 Å². The van der Waals surface area contributed by atoms with Gasteiger partial charge in [0, 0.05) is 11.1 Å². The van der Waals surface area contributed by atoms with E-state index >= 15 is 0 Å². The molecule has 4 nitrogen and oxygen atoms in total. The molecule has 2 N–H and O–H groups in total. The maximum Gasteiger partial charge on any atom is 0.275 e. The van der Waals surface area contributed by atoms with Gasteiger partial charge in [0.05, 0.1) is 4.92 Å². The van der Waals surface area contributed by atoms with Crippen LogP contribution in [0, 0.1) is 22.5 Å². The third kappa shape index (κ3) is 1.93. The van der Waals surface area contributed by atoms with Crippen molar-refractivity contribution in [2.75, 3.05) is 6.54 Å². The third-order valence-corrected chi connectivity index (χ3v) is 3.46. The molecule has 2 rings (SSSR count). The van der Waals surface area contributed by atoms with Gasteiger partial charge in [0.1, 0.15) is 0 Å². The molecule has 4 heteroatoms. The normalized spacial score (nSPS) is 17.1. The molecule has 1 aliphatic rings. The Morgan fingerprint density at radius 2 is 2.19 bits per heavy atom. The molecule has 0 aromatic heterocycles. The molecular weight excluding hydrogens is 204 g/mol. The largest absolute Gasteiger partial charge is 0.330 e. The summed E-state index contributed by atoms with van der Waals surface area (Å²) in [5.74, 6) is 0. The van der Waals surface area contributed by atoms with Crippen LogP contribution in [0.4, 0.5) is 5.69 Å². The molecule has 0 spiro atoms. The number of hydrogen-bond donors (Lipinski definition) is 1. The van der Waals surface area contributed by atoms with E-state index in [1.165, 1.54) is 0 Å². The Kier molecular flexibility index (Phi) is 2.68. The molecule has 1 aromatic carbocycles. The number of hydrogen-bond acceptors (Lipinski definition) is 3. The lowest BCUT2D eigenvalue weighted by molar-refractivity contribution is -0.386. The van der Waals surface area contributed by atoms with E-state index in [0.29, 0.717) is 6.54 Å². The fraction of sp³-hybridized carbons (Fsp3) is 0.500. The molecule has 1 aliphatic carbocycles. The molecular formula is C12H16N2O2. The summed E-state index contributed by atoms with van der Waals surface area (Å²) in [5, 5.41) is 11.0. The average Bonchev–Trinajstić information content (AvgIpc) is 2.98. The Labute approximate surface area is 94.6 Å². The number of nitrogens with zero attached hydrogens (tertiary/aromatic N) is 1. The van der Waals surface area contributed by atoms with Crippen LogP contribution in [0.5, 0.6) is 0 Å². The van der Waals surface area contributed by atoms with Crippen LogP contribution in [0.1, 0.15) is 24.0 Å². The highest BCUT2D eigenvalue weighted by molar-refractivity contribution is 5.47. The second-order valence-electron chi connectivity index (χ2n) is 4.72.